The Morgan fingerprint density at radius 3 is 1.00 bits per heavy atom. The van der Waals surface area contributed by atoms with Crippen molar-refractivity contribution in [1.29, 1.82) is 0 Å². The molecule has 0 aromatic rings. The Kier molecular flexibility index (Phi) is 29.1. The van der Waals surface area contributed by atoms with Gasteiger partial charge >= 0.3 is 6.16 Å². The van der Waals surface area contributed by atoms with Crippen molar-refractivity contribution in [2.45, 2.75) is 182 Å². The molecule has 0 bridgehead atoms. The first-order valence-corrected chi connectivity index (χ1v) is 17.8. The molecule has 5 nitrogen and oxygen atoms in total. The lowest BCUT2D eigenvalue weighted by atomic mass is 10.1. The summed E-state index contributed by atoms with van der Waals surface area (Å²) in [7, 11) is 0. The van der Waals surface area contributed by atoms with Crippen LogP contribution in [0.5, 0.6) is 0 Å². The first-order chi connectivity index (χ1) is 19.5. The maximum absolute atomic E-state index is 12.4. The van der Waals surface area contributed by atoms with Gasteiger partial charge in [-0.25, -0.2) is 4.79 Å². The number of unbranched alkanes of at least 4 members (excludes halogenated alkanes) is 12. The van der Waals surface area contributed by atoms with Crippen LogP contribution in [0.25, 0.3) is 0 Å². The van der Waals surface area contributed by atoms with Crippen molar-refractivity contribution in [3.05, 3.63) is 0 Å². The number of rotatable bonds is 30. The number of ether oxygens (including phenoxy) is 2. The Labute approximate surface area is 251 Å². The second-order valence-corrected chi connectivity index (χ2v) is 12.3. The van der Waals surface area contributed by atoms with Gasteiger partial charge in [-0.2, -0.15) is 0 Å². The lowest BCUT2D eigenvalue weighted by Gasteiger charge is -2.24. The third-order valence-corrected chi connectivity index (χ3v) is 8.08. The molecular weight excluding hydrogens is 496 g/mol. The van der Waals surface area contributed by atoms with Gasteiger partial charge in [-0.3, -0.25) is 0 Å². The highest BCUT2D eigenvalue weighted by molar-refractivity contribution is 5.60. The number of hydrogen-bond acceptors (Lipinski definition) is 5. The van der Waals surface area contributed by atoms with Crippen molar-refractivity contribution in [2.75, 3.05) is 39.3 Å². The Morgan fingerprint density at radius 2 is 0.725 bits per heavy atom. The molecule has 0 amide bonds. The normalized spacial score (nSPS) is 13.2. The fourth-order valence-electron chi connectivity index (χ4n) is 5.40. The van der Waals surface area contributed by atoms with Crippen LogP contribution in [0.2, 0.25) is 0 Å². The van der Waals surface area contributed by atoms with Crippen LogP contribution in [-0.2, 0) is 9.47 Å². The second-order valence-electron chi connectivity index (χ2n) is 12.3. The van der Waals surface area contributed by atoms with Crippen molar-refractivity contribution >= 4 is 6.16 Å². The third kappa shape index (κ3) is 26.1. The summed E-state index contributed by atoms with van der Waals surface area (Å²) in [6.07, 6.45) is 24.3. The monoisotopic (exact) mass is 569 g/mol. The van der Waals surface area contributed by atoms with Gasteiger partial charge in [-0.1, -0.05) is 105 Å². The first-order valence-electron chi connectivity index (χ1n) is 17.8. The van der Waals surface area contributed by atoms with Gasteiger partial charge in [-0.05, 0) is 104 Å². The molecule has 0 heterocycles. The summed E-state index contributed by atoms with van der Waals surface area (Å²) in [4.78, 5) is 17.7. The molecule has 0 fully saturated rings. The lowest BCUT2D eigenvalue weighted by Crippen LogP contribution is -2.29. The molecule has 0 spiro atoms. The maximum atomic E-state index is 12.4. The molecule has 5 heteroatoms. The van der Waals surface area contributed by atoms with Gasteiger partial charge < -0.3 is 19.3 Å². The summed E-state index contributed by atoms with van der Waals surface area (Å²) < 4.78 is 11.2. The predicted molar refractivity (Wildman–Crippen MR) is 174 cm³/mol. The van der Waals surface area contributed by atoms with Crippen LogP contribution in [0.4, 0.5) is 4.79 Å². The zero-order valence-electron chi connectivity index (χ0n) is 28.2. The molecule has 40 heavy (non-hydrogen) atoms. The molecule has 0 saturated carbocycles. The van der Waals surface area contributed by atoms with E-state index in [0.717, 1.165) is 38.8 Å². The minimum Gasteiger partial charge on any atom is -0.431 e. The molecule has 0 N–H and O–H groups in total. The topological polar surface area (TPSA) is 42.0 Å². The smallest absolute Gasteiger partial charge is 0.431 e. The van der Waals surface area contributed by atoms with Crippen LogP contribution in [0.3, 0.4) is 0 Å². The number of hydrogen-bond donors (Lipinski definition) is 0. The lowest BCUT2D eigenvalue weighted by molar-refractivity contribution is 0.00179. The summed E-state index contributed by atoms with van der Waals surface area (Å²) in [6, 6.07) is 0. The molecule has 0 radical (unpaired) electrons. The van der Waals surface area contributed by atoms with Crippen LogP contribution >= 0.6 is 0 Å². The quantitative estimate of drug-likeness (QED) is 0.0637. The fourth-order valence-corrected chi connectivity index (χ4v) is 5.40. The second kappa shape index (κ2) is 29.7. The van der Waals surface area contributed by atoms with E-state index in [9.17, 15) is 4.79 Å². The van der Waals surface area contributed by atoms with E-state index in [2.05, 4.69) is 37.5 Å². The average Bonchev–Trinajstić information content (AvgIpc) is 2.92. The standard InChI is InChI=1S/C35H72N2O3/c1-7-11-15-19-27-36(28-20-16-12-8-2)31-23-25-33(5)39-35(38)40-34(6)26-24-32-37(29-21-17-13-9-3)30-22-18-14-10-4/h33-34H,7-32H2,1-6H3. The van der Waals surface area contributed by atoms with E-state index in [1.165, 1.54) is 129 Å². The van der Waals surface area contributed by atoms with Crippen LogP contribution in [0.15, 0.2) is 0 Å². The van der Waals surface area contributed by atoms with Crippen LogP contribution < -0.4 is 0 Å². The van der Waals surface area contributed by atoms with Crippen molar-refractivity contribution in [3.63, 3.8) is 0 Å². The SMILES string of the molecule is CCCCCCN(CCCCCC)CCCC(C)OC(=O)OC(C)CCCN(CCCCCC)CCCCCC. The molecule has 0 rings (SSSR count). The third-order valence-electron chi connectivity index (χ3n) is 8.08. The van der Waals surface area contributed by atoms with E-state index in [-0.39, 0.29) is 12.2 Å². The van der Waals surface area contributed by atoms with E-state index in [1.807, 2.05) is 13.8 Å². The van der Waals surface area contributed by atoms with Gasteiger partial charge in [0.15, 0.2) is 0 Å². The van der Waals surface area contributed by atoms with E-state index in [4.69, 9.17) is 9.47 Å². The van der Waals surface area contributed by atoms with Gasteiger partial charge in [0.2, 0.25) is 0 Å². The largest absolute Gasteiger partial charge is 0.508 e. The molecule has 2 atom stereocenters. The molecule has 0 saturated heterocycles. The Morgan fingerprint density at radius 1 is 0.450 bits per heavy atom. The molecule has 0 aliphatic heterocycles. The minimum absolute atomic E-state index is 0.0940. The molecule has 0 aliphatic rings. The van der Waals surface area contributed by atoms with Crippen LogP contribution in [0.1, 0.15) is 170 Å². The summed E-state index contributed by atoms with van der Waals surface area (Å²) in [6.45, 7) is 20.1. The van der Waals surface area contributed by atoms with E-state index in [0.29, 0.717) is 0 Å². The summed E-state index contributed by atoms with van der Waals surface area (Å²) in [5.41, 5.74) is 0. The zero-order valence-corrected chi connectivity index (χ0v) is 28.2. The summed E-state index contributed by atoms with van der Waals surface area (Å²) >= 11 is 0. The molecule has 0 aromatic carbocycles. The highest BCUT2D eigenvalue weighted by Crippen LogP contribution is 2.12. The van der Waals surface area contributed by atoms with Crippen molar-refractivity contribution in [2.24, 2.45) is 0 Å². The Bertz CT molecular complexity index is 463. The van der Waals surface area contributed by atoms with Gasteiger partial charge in [0.05, 0.1) is 0 Å². The first kappa shape index (κ1) is 39.2. The van der Waals surface area contributed by atoms with Crippen LogP contribution in [-0.4, -0.2) is 67.4 Å². The molecule has 0 aliphatic carbocycles. The van der Waals surface area contributed by atoms with Crippen molar-refractivity contribution in [1.82, 2.24) is 9.80 Å². The van der Waals surface area contributed by atoms with E-state index < -0.39 is 6.16 Å². The van der Waals surface area contributed by atoms with E-state index in [1.54, 1.807) is 0 Å². The highest BCUT2D eigenvalue weighted by Gasteiger charge is 2.16. The van der Waals surface area contributed by atoms with Gasteiger partial charge in [0.25, 0.3) is 0 Å². The number of carbonyl (C=O) groups excluding carboxylic acids is 1. The Balaban J connectivity index is 4.26. The van der Waals surface area contributed by atoms with Gasteiger partial charge in [0, 0.05) is 0 Å². The molecule has 2 unspecified atom stereocenters. The highest BCUT2D eigenvalue weighted by atomic mass is 16.7. The number of nitrogens with zero attached hydrogens (tertiary/aromatic N) is 2. The fraction of sp³-hybridized carbons (Fsp3) is 0.971. The van der Waals surface area contributed by atoms with Crippen molar-refractivity contribution < 1.29 is 14.3 Å². The van der Waals surface area contributed by atoms with Crippen molar-refractivity contribution in [3.8, 4) is 0 Å². The van der Waals surface area contributed by atoms with Gasteiger partial charge in [-0.15, -0.1) is 0 Å². The summed E-state index contributed by atoms with van der Waals surface area (Å²) in [5, 5.41) is 0. The Hall–Kier alpha value is -0.810. The molecule has 240 valence electrons. The van der Waals surface area contributed by atoms with Gasteiger partial charge in [0.1, 0.15) is 12.2 Å². The zero-order chi connectivity index (χ0) is 29.7. The maximum Gasteiger partial charge on any atom is 0.508 e. The molecule has 0 aromatic heterocycles. The molecular formula is C35H72N2O3. The minimum atomic E-state index is -0.494. The summed E-state index contributed by atoms with van der Waals surface area (Å²) in [5.74, 6) is 0. The average molecular weight is 569 g/mol. The van der Waals surface area contributed by atoms with E-state index >= 15 is 0 Å². The predicted octanol–water partition coefficient (Wildman–Crippen LogP) is 10.4. The van der Waals surface area contributed by atoms with Crippen LogP contribution in [0, 0.1) is 0 Å². The number of carbonyl (C=O) groups is 1.